The third kappa shape index (κ3) is 8.95. The smallest absolute Gasteiger partial charge is 0.396 e. The van der Waals surface area contributed by atoms with E-state index in [1.807, 2.05) is 12.1 Å². The Morgan fingerprint density at radius 2 is 1.83 bits per heavy atom. The number of aryl methyl sites for hydroxylation is 1. The van der Waals surface area contributed by atoms with Gasteiger partial charge in [0, 0.05) is 37.1 Å². The van der Waals surface area contributed by atoms with Crippen LogP contribution < -0.4 is 15.6 Å². The van der Waals surface area contributed by atoms with Crippen molar-refractivity contribution in [1.29, 1.82) is 0 Å². The molecule has 10 nitrogen and oxygen atoms in total. The lowest BCUT2D eigenvalue weighted by Gasteiger charge is -2.29. The van der Waals surface area contributed by atoms with Crippen LogP contribution in [0.5, 0.6) is 0 Å². The van der Waals surface area contributed by atoms with Crippen molar-refractivity contribution in [1.82, 2.24) is 20.4 Å². The number of halogens is 4. The van der Waals surface area contributed by atoms with E-state index in [2.05, 4.69) is 31.1 Å². The Morgan fingerprint density at radius 3 is 2.60 bits per heavy atom. The summed E-state index contributed by atoms with van der Waals surface area (Å²) < 4.78 is 41.5. The molecule has 246 valence electrons. The highest BCUT2D eigenvalue weighted by Crippen LogP contribution is 2.35. The molecule has 3 N–H and O–H groups in total. The van der Waals surface area contributed by atoms with Gasteiger partial charge in [-0.25, -0.2) is 10.1 Å². The highest BCUT2D eigenvalue weighted by molar-refractivity contribution is 6.31. The van der Waals surface area contributed by atoms with Crippen molar-refractivity contribution in [2.75, 3.05) is 29.9 Å². The molecule has 1 fully saturated rings. The lowest BCUT2D eigenvalue weighted by Crippen LogP contribution is -2.30. The summed E-state index contributed by atoms with van der Waals surface area (Å²) in [5.74, 6) is -1.10. The second-order valence-electron chi connectivity index (χ2n) is 11.1. The van der Waals surface area contributed by atoms with Gasteiger partial charge in [0.25, 0.3) is 11.8 Å². The van der Waals surface area contributed by atoms with Gasteiger partial charge in [0.1, 0.15) is 0 Å². The lowest BCUT2D eigenvalue weighted by molar-refractivity contribution is -0.137. The minimum Gasteiger partial charge on any atom is -0.396 e. The van der Waals surface area contributed by atoms with Crippen molar-refractivity contribution in [3.8, 4) is 0 Å². The topological polar surface area (TPSA) is 125 Å². The molecule has 47 heavy (non-hydrogen) atoms. The number of alkyl halides is 3. The fourth-order valence-electron chi connectivity index (χ4n) is 5.23. The van der Waals surface area contributed by atoms with E-state index in [9.17, 15) is 22.8 Å². The van der Waals surface area contributed by atoms with Gasteiger partial charge in [-0.3, -0.25) is 9.59 Å². The normalized spacial score (nSPS) is 13.6. The van der Waals surface area contributed by atoms with Crippen LogP contribution in [0.3, 0.4) is 0 Å². The number of nitrogens with one attached hydrogen (secondary N) is 2. The van der Waals surface area contributed by atoms with Gasteiger partial charge in [-0.05, 0) is 85.7 Å². The molecule has 1 aliphatic heterocycles. The maximum absolute atomic E-state index is 13.4. The highest BCUT2D eigenvalue weighted by Gasteiger charge is 2.33. The minimum atomic E-state index is -4.65. The average Bonchev–Trinajstić information content (AvgIpc) is 3.51. The Labute approximate surface area is 274 Å². The van der Waals surface area contributed by atoms with E-state index >= 15 is 0 Å². The molecule has 5 rings (SSSR count). The summed E-state index contributed by atoms with van der Waals surface area (Å²) in [4.78, 5) is 28.9. The molecule has 4 aromatic rings. The molecule has 0 spiro atoms. The van der Waals surface area contributed by atoms with Crippen LogP contribution in [0.15, 0.2) is 72.0 Å². The largest absolute Gasteiger partial charge is 0.417 e. The predicted octanol–water partition coefficient (Wildman–Crippen LogP) is 5.93. The molecule has 2 heterocycles. The molecule has 0 atom stereocenters. The Balaban J connectivity index is 1.34. The van der Waals surface area contributed by atoms with Crippen molar-refractivity contribution < 1.29 is 27.9 Å². The number of piperidine rings is 1. The Bertz CT molecular complexity index is 1750. The average molecular weight is 668 g/mol. The van der Waals surface area contributed by atoms with Gasteiger partial charge < -0.3 is 15.3 Å². The van der Waals surface area contributed by atoms with Crippen molar-refractivity contribution in [2.24, 2.45) is 5.10 Å². The monoisotopic (exact) mass is 667 g/mol. The maximum atomic E-state index is 13.4. The third-order valence-corrected chi connectivity index (χ3v) is 7.93. The van der Waals surface area contributed by atoms with Gasteiger partial charge in [0.15, 0.2) is 0 Å². The summed E-state index contributed by atoms with van der Waals surface area (Å²) in [6.45, 7) is 2.09. The van der Waals surface area contributed by atoms with Crippen LogP contribution in [0.2, 0.25) is 5.02 Å². The van der Waals surface area contributed by atoms with E-state index in [0.29, 0.717) is 24.9 Å². The number of amides is 2. The molecule has 0 bridgehead atoms. The summed E-state index contributed by atoms with van der Waals surface area (Å²) in [5, 5.41) is 23.5. The lowest BCUT2D eigenvalue weighted by atomic mass is 10.1. The van der Waals surface area contributed by atoms with E-state index < -0.39 is 28.6 Å². The SMILES string of the molecule is O=C(Nc1ccc(N2CCCCC2)cc1C(=O)N/N=C/c1ccc(Cl)c(C(F)(F)F)c1)c1cccc(Cn2cc(CCCO)nn2)c1. The van der Waals surface area contributed by atoms with E-state index in [1.54, 1.807) is 41.2 Å². The Hall–Kier alpha value is -4.75. The summed E-state index contributed by atoms with van der Waals surface area (Å²) >= 11 is 5.70. The summed E-state index contributed by atoms with van der Waals surface area (Å²) in [6, 6.07) is 15.4. The van der Waals surface area contributed by atoms with Crippen LogP contribution in [0, 0.1) is 0 Å². The van der Waals surface area contributed by atoms with Gasteiger partial charge in [-0.15, -0.1) is 5.10 Å². The Morgan fingerprint density at radius 1 is 1.02 bits per heavy atom. The van der Waals surface area contributed by atoms with Crippen LogP contribution in [0.25, 0.3) is 0 Å². The van der Waals surface area contributed by atoms with Crippen LogP contribution in [-0.4, -0.2) is 57.8 Å². The van der Waals surface area contributed by atoms with Crippen LogP contribution in [0.4, 0.5) is 24.5 Å². The molecule has 0 radical (unpaired) electrons. The van der Waals surface area contributed by atoms with E-state index in [-0.39, 0.29) is 23.4 Å². The molecule has 1 aromatic heterocycles. The number of hydrogen-bond donors (Lipinski definition) is 3. The summed E-state index contributed by atoms with van der Waals surface area (Å²) in [7, 11) is 0. The number of hydrogen-bond acceptors (Lipinski definition) is 7. The fraction of sp³-hybridized carbons (Fsp3) is 0.303. The second kappa shape index (κ2) is 15.2. The predicted molar refractivity (Wildman–Crippen MR) is 173 cm³/mol. The zero-order valence-electron chi connectivity index (χ0n) is 25.3. The van der Waals surface area contributed by atoms with Gasteiger partial charge in [-0.2, -0.15) is 18.3 Å². The standard InChI is InChI=1S/C33H33ClF3N7O3/c34-29-11-9-22(17-28(29)33(35,36)37)19-38-41-32(47)27-18-26(43-13-2-1-3-14-43)10-12-30(27)39-31(46)24-7-4-6-23(16-24)20-44-21-25(40-42-44)8-5-15-45/h4,6-7,9-12,16-19,21,45H,1-3,5,8,13-15,20H2,(H,39,46)(H,41,47)/b38-19+. The molecular weight excluding hydrogens is 635 g/mol. The van der Waals surface area contributed by atoms with E-state index in [0.717, 1.165) is 67.6 Å². The fourth-order valence-corrected chi connectivity index (χ4v) is 5.45. The van der Waals surface area contributed by atoms with Gasteiger partial charge in [-0.1, -0.05) is 35.0 Å². The number of aromatic nitrogens is 3. The van der Waals surface area contributed by atoms with E-state index in [4.69, 9.17) is 16.7 Å². The zero-order chi connectivity index (χ0) is 33.4. The second-order valence-corrected chi connectivity index (χ2v) is 11.5. The first-order chi connectivity index (χ1) is 22.6. The number of carbonyl (C=O) groups is 2. The molecule has 0 unspecified atom stereocenters. The number of aliphatic hydroxyl groups excluding tert-OH is 1. The molecule has 0 saturated carbocycles. The van der Waals surface area contributed by atoms with E-state index in [1.165, 1.54) is 6.07 Å². The van der Waals surface area contributed by atoms with Crippen molar-refractivity contribution in [3.63, 3.8) is 0 Å². The molecule has 3 aromatic carbocycles. The van der Waals surface area contributed by atoms with Gasteiger partial charge in [0.05, 0.1) is 40.3 Å². The van der Waals surface area contributed by atoms with Crippen molar-refractivity contribution in [3.05, 3.63) is 105 Å². The quantitative estimate of drug-likeness (QED) is 0.135. The van der Waals surface area contributed by atoms with Gasteiger partial charge in [0.2, 0.25) is 0 Å². The molecule has 2 amide bonds. The summed E-state index contributed by atoms with van der Waals surface area (Å²) in [6.07, 6.45) is 2.58. The number of anilines is 2. The molecule has 1 aliphatic rings. The highest BCUT2D eigenvalue weighted by atomic mass is 35.5. The maximum Gasteiger partial charge on any atom is 0.417 e. The number of nitrogens with zero attached hydrogens (tertiary/aromatic N) is 5. The molecule has 0 aliphatic carbocycles. The first kappa shape index (κ1) is 33.6. The van der Waals surface area contributed by atoms with Gasteiger partial charge >= 0.3 is 6.18 Å². The minimum absolute atomic E-state index is 0.0666. The first-order valence-electron chi connectivity index (χ1n) is 15.1. The number of aliphatic hydroxyl groups is 1. The van der Waals surface area contributed by atoms with Crippen molar-refractivity contribution in [2.45, 2.75) is 44.8 Å². The van der Waals surface area contributed by atoms with Crippen LogP contribution >= 0.6 is 11.6 Å². The number of benzene rings is 3. The third-order valence-electron chi connectivity index (χ3n) is 7.60. The number of hydrazone groups is 1. The molecule has 1 saturated heterocycles. The van der Waals surface area contributed by atoms with Crippen molar-refractivity contribution >= 4 is 41.0 Å². The summed E-state index contributed by atoms with van der Waals surface area (Å²) in [5.41, 5.74) is 4.55. The zero-order valence-corrected chi connectivity index (χ0v) is 26.1. The number of rotatable bonds is 11. The molecule has 14 heteroatoms. The van der Waals surface area contributed by atoms with Crippen LogP contribution in [0.1, 0.15) is 68.8 Å². The Kier molecular flexibility index (Phi) is 10.9. The molecular formula is C33H33ClF3N7O3. The first-order valence-corrected chi connectivity index (χ1v) is 15.5. The van der Waals surface area contributed by atoms with Crippen LogP contribution in [-0.2, 0) is 19.1 Å². The number of carbonyl (C=O) groups excluding carboxylic acids is 2.